The number of carbonyl (C=O) groups is 1. The molecule has 3 atom stereocenters. The number of aliphatic hydroxyl groups excluding tert-OH is 1. The van der Waals surface area contributed by atoms with Gasteiger partial charge in [-0.1, -0.05) is 217 Å². The van der Waals surface area contributed by atoms with Crippen molar-refractivity contribution < 1.29 is 32.9 Å². The van der Waals surface area contributed by atoms with Gasteiger partial charge in [-0.05, 0) is 70.6 Å². The van der Waals surface area contributed by atoms with Crippen LogP contribution in [0.3, 0.4) is 0 Å². The van der Waals surface area contributed by atoms with Gasteiger partial charge in [0.15, 0.2) is 0 Å². The van der Waals surface area contributed by atoms with Crippen molar-refractivity contribution in [1.29, 1.82) is 0 Å². The molecule has 0 saturated heterocycles. The molecule has 0 aliphatic carbocycles. The molecule has 0 spiro atoms. The second-order valence-electron chi connectivity index (χ2n) is 19.6. The van der Waals surface area contributed by atoms with E-state index in [-0.39, 0.29) is 12.5 Å². The third-order valence-corrected chi connectivity index (χ3v) is 13.0. The van der Waals surface area contributed by atoms with Crippen molar-refractivity contribution in [3.63, 3.8) is 0 Å². The van der Waals surface area contributed by atoms with Gasteiger partial charge in [0.2, 0.25) is 5.91 Å². The summed E-state index contributed by atoms with van der Waals surface area (Å²) in [7, 11) is 1.23. The van der Waals surface area contributed by atoms with Crippen molar-refractivity contribution in [2.24, 2.45) is 0 Å². The van der Waals surface area contributed by atoms with Crippen LogP contribution in [0, 0.1) is 0 Å². The van der Waals surface area contributed by atoms with Crippen molar-refractivity contribution in [2.45, 2.75) is 257 Å². The molecule has 0 aliphatic rings. The normalized spacial score (nSPS) is 14.4. The van der Waals surface area contributed by atoms with Crippen LogP contribution in [0.4, 0.5) is 0 Å². The molecular weight excluding hydrogens is 816 g/mol. The Kier molecular flexibility index (Phi) is 45.4. The average Bonchev–Trinajstić information content (AvgIpc) is 3.25. The lowest BCUT2D eigenvalue weighted by molar-refractivity contribution is -0.870. The van der Waals surface area contributed by atoms with Crippen molar-refractivity contribution in [3.05, 3.63) is 48.6 Å². The monoisotopic (exact) mass is 921 g/mol. The van der Waals surface area contributed by atoms with Gasteiger partial charge in [-0.3, -0.25) is 9.36 Å². The van der Waals surface area contributed by atoms with Gasteiger partial charge in [-0.15, -0.1) is 0 Å². The first kappa shape index (κ1) is 62.5. The van der Waals surface area contributed by atoms with Crippen LogP contribution >= 0.6 is 7.82 Å². The number of amides is 1. The largest absolute Gasteiger partial charge is 0.756 e. The zero-order valence-corrected chi connectivity index (χ0v) is 43.6. The molecular formula is C55H105N2O6P. The third-order valence-electron chi connectivity index (χ3n) is 12.0. The molecule has 0 bridgehead atoms. The van der Waals surface area contributed by atoms with E-state index in [1.807, 2.05) is 27.2 Å². The second-order valence-corrected chi connectivity index (χ2v) is 21.0. The minimum Gasteiger partial charge on any atom is -0.756 e. The lowest BCUT2D eigenvalue weighted by atomic mass is 10.0. The van der Waals surface area contributed by atoms with Gasteiger partial charge in [-0.2, -0.15) is 0 Å². The van der Waals surface area contributed by atoms with Gasteiger partial charge in [0.1, 0.15) is 13.2 Å². The first-order valence-corrected chi connectivity index (χ1v) is 28.5. The maximum atomic E-state index is 12.9. The molecule has 0 aliphatic heterocycles. The molecule has 0 aromatic rings. The van der Waals surface area contributed by atoms with Gasteiger partial charge in [0.25, 0.3) is 7.82 Å². The van der Waals surface area contributed by atoms with E-state index in [1.165, 1.54) is 180 Å². The SMILES string of the molecule is CCCCCCCCC/C=C/CC/C=C/CC/C=C/C(O)C(COP(=O)([O-])OCC[N+](C)(C)C)NC(=O)CCCCCCCCCCC/C=C\CCCCCCCCCCCCCC. The summed E-state index contributed by atoms with van der Waals surface area (Å²) >= 11 is 0. The summed E-state index contributed by atoms with van der Waals surface area (Å²) in [5, 5.41) is 13.8. The van der Waals surface area contributed by atoms with Crippen LogP contribution in [0.1, 0.15) is 245 Å². The number of nitrogens with zero attached hydrogens (tertiary/aromatic N) is 1. The zero-order chi connectivity index (χ0) is 47.1. The summed E-state index contributed by atoms with van der Waals surface area (Å²) in [6.07, 6.45) is 60.4. The van der Waals surface area contributed by atoms with E-state index < -0.39 is 26.6 Å². The highest BCUT2D eigenvalue weighted by Gasteiger charge is 2.23. The minimum absolute atomic E-state index is 0.00992. The molecule has 376 valence electrons. The Morgan fingerprint density at radius 1 is 0.531 bits per heavy atom. The molecule has 0 heterocycles. The third kappa shape index (κ3) is 48.4. The summed E-state index contributed by atoms with van der Waals surface area (Å²) in [5.74, 6) is -0.213. The number of unbranched alkanes of at least 4 members (excludes halogenated alkanes) is 30. The molecule has 3 unspecified atom stereocenters. The van der Waals surface area contributed by atoms with Crippen LogP contribution in [0.5, 0.6) is 0 Å². The fourth-order valence-corrected chi connectivity index (χ4v) is 8.43. The van der Waals surface area contributed by atoms with Crippen LogP contribution < -0.4 is 10.2 Å². The Labute approximate surface area is 397 Å². The number of rotatable bonds is 49. The summed E-state index contributed by atoms with van der Waals surface area (Å²) in [4.78, 5) is 25.4. The van der Waals surface area contributed by atoms with Crippen LogP contribution in [0.2, 0.25) is 0 Å². The highest BCUT2D eigenvalue weighted by molar-refractivity contribution is 7.45. The summed E-state index contributed by atoms with van der Waals surface area (Å²) in [6, 6.07) is -0.911. The van der Waals surface area contributed by atoms with Crippen LogP contribution in [0.25, 0.3) is 0 Å². The Hall–Kier alpha value is -1.54. The van der Waals surface area contributed by atoms with E-state index >= 15 is 0 Å². The van der Waals surface area contributed by atoms with E-state index in [0.29, 0.717) is 17.4 Å². The number of hydrogen-bond acceptors (Lipinski definition) is 6. The van der Waals surface area contributed by atoms with Crippen molar-refractivity contribution >= 4 is 13.7 Å². The number of aliphatic hydroxyl groups is 1. The summed E-state index contributed by atoms with van der Waals surface area (Å²) in [5.41, 5.74) is 0. The van der Waals surface area contributed by atoms with Gasteiger partial charge < -0.3 is 28.8 Å². The Morgan fingerprint density at radius 2 is 0.875 bits per heavy atom. The topological polar surface area (TPSA) is 108 Å². The maximum absolute atomic E-state index is 12.9. The predicted molar refractivity (Wildman–Crippen MR) is 274 cm³/mol. The molecule has 0 aromatic carbocycles. The van der Waals surface area contributed by atoms with E-state index in [0.717, 1.165) is 44.9 Å². The van der Waals surface area contributed by atoms with E-state index in [9.17, 15) is 19.4 Å². The molecule has 9 heteroatoms. The smallest absolute Gasteiger partial charge is 0.268 e. The van der Waals surface area contributed by atoms with E-state index in [4.69, 9.17) is 9.05 Å². The minimum atomic E-state index is -4.61. The quantitative estimate of drug-likeness (QED) is 0.0272. The number of quaternary nitrogens is 1. The molecule has 0 radical (unpaired) electrons. The molecule has 0 rings (SSSR count). The molecule has 8 nitrogen and oxygen atoms in total. The highest BCUT2D eigenvalue weighted by atomic mass is 31.2. The number of carbonyl (C=O) groups excluding carboxylic acids is 1. The molecule has 1 amide bonds. The Balaban J connectivity index is 4.28. The Bertz CT molecular complexity index is 1180. The first-order chi connectivity index (χ1) is 31.0. The number of phosphoric acid groups is 1. The number of allylic oxidation sites excluding steroid dienone is 7. The standard InChI is InChI=1S/C55H105N2O6P/c1-6-8-10-12-14-16-18-20-22-24-25-26-27-28-29-30-31-33-35-37-39-41-43-45-47-49-55(59)56-53(52-63-64(60,61)62-51-50-57(3,4)5)54(58)48-46-44-42-40-38-36-34-32-23-21-19-17-15-13-11-9-7-2/h23,28-29,32,38,40,46,48,53-54,58H,6-22,24-27,30-31,33-37,39,41-45,47,49-52H2,1-5H3,(H-,56,59,60,61)/b29-28-,32-23+,40-38+,48-46+. The number of nitrogens with one attached hydrogen (secondary N) is 1. The fourth-order valence-electron chi connectivity index (χ4n) is 7.71. The molecule has 0 fully saturated rings. The van der Waals surface area contributed by atoms with E-state index in [1.54, 1.807) is 6.08 Å². The Morgan fingerprint density at radius 3 is 1.27 bits per heavy atom. The average molecular weight is 921 g/mol. The van der Waals surface area contributed by atoms with Crippen molar-refractivity contribution in [3.8, 4) is 0 Å². The molecule has 0 saturated carbocycles. The van der Waals surface area contributed by atoms with Gasteiger partial charge >= 0.3 is 0 Å². The number of hydrogen-bond donors (Lipinski definition) is 2. The zero-order valence-electron chi connectivity index (χ0n) is 42.7. The van der Waals surface area contributed by atoms with Crippen LogP contribution in [0.15, 0.2) is 48.6 Å². The van der Waals surface area contributed by atoms with Gasteiger partial charge in [-0.25, -0.2) is 0 Å². The lowest BCUT2D eigenvalue weighted by Gasteiger charge is -2.29. The van der Waals surface area contributed by atoms with Crippen LogP contribution in [-0.2, 0) is 18.4 Å². The lowest BCUT2D eigenvalue weighted by Crippen LogP contribution is -2.45. The number of likely N-dealkylation sites (N-methyl/N-ethyl adjacent to an activating group) is 1. The van der Waals surface area contributed by atoms with Gasteiger partial charge in [0.05, 0.1) is 39.9 Å². The predicted octanol–water partition coefficient (Wildman–Crippen LogP) is 15.3. The van der Waals surface area contributed by atoms with Crippen LogP contribution in [-0.4, -0.2) is 68.5 Å². The van der Waals surface area contributed by atoms with Crippen molar-refractivity contribution in [1.82, 2.24) is 5.32 Å². The highest BCUT2D eigenvalue weighted by Crippen LogP contribution is 2.38. The number of phosphoric ester groups is 1. The second kappa shape index (κ2) is 46.6. The van der Waals surface area contributed by atoms with Gasteiger partial charge in [0, 0.05) is 6.42 Å². The summed E-state index contributed by atoms with van der Waals surface area (Å²) in [6.45, 7) is 4.63. The maximum Gasteiger partial charge on any atom is 0.268 e. The summed E-state index contributed by atoms with van der Waals surface area (Å²) < 4.78 is 23.3. The molecule has 0 aromatic heterocycles. The van der Waals surface area contributed by atoms with E-state index in [2.05, 4.69) is 55.6 Å². The van der Waals surface area contributed by atoms with Crippen molar-refractivity contribution in [2.75, 3.05) is 40.9 Å². The molecule has 64 heavy (non-hydrogen) atoms. The first-order valence-electron chi connectivity index (χ1n) is 27.0. The molecule has 2 N–H and O–H groups in total. The fraction of sp³-hybridized carbons (Fsp3) is 0.836.